The second-order valence-electron chi connectivity index (χ2n) is 3.98. The fraction of sp³-hybridized carbons (Fsp3) is 0.500. The number of thioether (sulfide) groups is 2. The molecule has 100 valence electrons. The van der Waals surface area contributed by atoms with Gasteiger partial charge in [-0.05, 0) is 35.6 Å². The molecule has 1 nitrogen and oxygen atoms in total. The van der Waals surface area contributed by atoms with Gasteiger partial charge in [0.2, 0.25) is 0 Å². The average molecular weight is 293 g/mol. The zero-order chi connectivity index (χ0) is 13.0. The van der Waals surface area contributed by atoms with Crippen LogP contribution in [-0.4, -0.2) is 23.6 Å². The fourth-order valence-corrected chi connectivity index (χ4v) is 3.53. The molecule has 1 atom stereocenters. The van der Waals surface area contributed by atoms with Crippen LogP contribution in [0, 0.1) is 0 Å². The Balaban J connectivity index is 1.84. The third-order valence-corrected chi connectivity index (χ3v) is 4.58. The molecule has 1 aromatic carbocycles. The Hall–Kier alpha value is -0.330. The molecule has 0 saturated heterocycles. The molecule has 1 aliphatic heterocycles. The van der Waals surface area contributed by atoms with Crippen LogP contribution in [0.15, 0.2) is 29.2 Å². The minimum Gasteiger partial charge on any atom is -0.309 e. The van der Waals surface area contributed by atoms with Crippen LogP contribution in [0.4, 0.5) is 13.2 Å². The van der Waals surface area contributed by atoms with Crippen molar-refractivity contribution in [1.29, 1.82) is 0 Å². The van der Waals surface area contributed by atoms with Gasteiger partial charge in [0.1, 0.15) is 0 Å². The highest BCUT2D eigenvalue weighted by atomic mass is 32.2. The summed E-state index contributed by atoms with van der Waals surface area (Å²) in [6, 6.07) is 8.28. The quantitative estimate of drug-likeness (QED) is 0.841. The Morgan fingerprint density at radius 2 is 2.11 bits per heavy atom. The molecule has 2 rings (SSSR count). The second kappa shape index (κ2) is 6.21. The number of rotatable bonds is 4. The summed E-state index contributed by atoms with van der Waals surface area (Å²) in [5.74, 6) is 1.08. The Labute approximate surface area is 113 Å². The van der Waals surface area contributed by atoms with E-state index in [1.807, 2.05) is 23.9 Å². The molecule has 1 aliphatic rings. The van der Waals surface area contributed by atoms with E-state index >= 15 is 0 Å². The van der Waals surface area contributed by atoms with E-state index < -0.39 is 5.51 Å². The fourth-order valence-electron chi connectivity index (χ4n) is 1.95. The Morgan fingerprint density at radius 3 is 2.89 bits per heavy atom. The van der Waals surface area contributed by atoms with E-state index in [1.165, 1.54) is 10.5 Å². The normalized spacial score (nSPS) is 19.6. The van der Waals surface area contributed by atoms with Crippen molar-refractivity contribution in [3.05, 3.63) is 29.8 Å². The summed E-state index contributed by atoms with van der Waals surface area (Å²) >= 11 is 1.85. The lowest BCUT2D eigenvalue weighted by Gasteiger charge is -2.26. The molecular weight excluding hydrogens is 279 g/mol. The summed E-state index contributed by atoms with van der Waals surface area (Å²) in [5, 5.41) is 3.22. The maximum atomic E-state index is 12.0. The van der Waals surface area contributed by atoms with Crippen LogP contribution in [0.1, 0.15) is 18.0 Å². The number of hydrogen-bond acceptors (Lipinski definition) is 3. The van der Waals surface area contributed by atoms with Crippen LogP contribution in [0.3, 0.4) is 0 Å². The Bertz CT molecular complexity index is 395. The lowest BCUT2D eigenvalue weighted by molar-refractivity contribution is -0.0327. The van der Waals surface area contributed by atoms with Crippen molar-refractivity contribution in [2.45, 2.75) is 22.9 Å². The largest absolute Gasteiger partial charge is 0.441 e. The van der Waals surface area contributed by atoms with Crippen LogP contribution < -0.4 is 5.32 Å². The number of halogens is 3. The van der Waals surface area contributed by atoms with Crippen LogP contribution in [0.25, 0.3) is 0 Å². The van der Waals surface area contributed by atoms with Crippen molar-refractivity contribution >= 4 is 23.5 Å². The Kier molecular flexibility index (Phi) is 4.86. The van der Waals surface area contributed by atoms with Gasteiger partial charge in [0, 0.05) is 23.2 Å². The molecule has 0 fully saturated rings. The van der Waals surface area contributed by atoms with Crippen molar-refractivity contribution in [2.24, 2.45) is 0 Å². The van der Waals surface area contributed by atoms with Crippen molar-refractivity contribution < 1.29 is 13.2 Å². The van der Waals surface area contributed by atoms with Gasteiger partial charge in [0.05, 0.1) is 0 Å². The van der Waals surface area contributed by atoms with Gasteiger partial charge in [-0.1, -0.05) is 18.2 Å². The van der Waals surface area contributed by atoms with E-state index in [0.717, 1.165) is 12.2 Å². The van der Waals surface area contributed by atoms with Crippen molar-refractivity contribution in [3.63, 3.8) is 0 Å². The molecule has 1 N–H and O–H groups in total. The highest BCUT2D eigenvalue weighted by Crippen LogP contribution is 2.36. The average Bonchev–Trinajstić information content (AvgIpc) is 2.33. The molecule has 0 spiro atoms. The third-order valence-electron chi connectivity index (χ3n) is 2.72. The predicted molar refractivity (Wildman–Crippen MR) is 71.0 cm³/mol. The van der Waals surface area contributed by atoms with Crippen LogP contribution in [0.2, 0.25) is 0 Å². The first kappa shape index (κ1) is 14.1. The van der Waals surface area contributed by atoms with E-state index in [-0.39, 0.29) is 23.6 Å². The number of fused-ring (bicyclic) bond motifs is 1. The summed E-state index contributed by atoms with van der Waals surface area (Å²) in [6.45, 7) is 0.383. The molecule has 0 saturated carbocycles. The van der Waals surface area contributed by atoms with Gasteiger partial charge in [-0.2, -0.15) is 13.2 Å². The lowest BCUT2D eigenvalue weighted by atomic mass is 10.0. The van der Waals surface area contributed by atoms with Gasteiger partial charge in [0.15, 0.2) is 0 Å². The zero-order valence-electron chi connectivity index (χ0n) is 9.67. The molecule has 1 unspecified atom stereocenters. The lowest BCUT2D eigenvalue weighted by Crippen LogP contribution is -2.27. The molecular formula is C12H14F3NS2. The smallest absolute Gasteiger partial charge is 0.309 e. The predicted octanol–water partition coefficient (Wildman–Crippen LogP) is 4.07. The van der Waals surface area contributed by atoms with E-state index in [2.05, 4.69) is 17.4 Å². The summed E-state index contributed by atoms with van der Waals surface area (Å²) in [6.07, 6.45) is 0.971. The van der Waals surface area contributed by atoms with E-state index in [0.29, 0.717) is 6.54 Å². The zero-order valence-corrected chi connectivity index (χ0v) is 11.3. The first-order valence-electron chi connectivity index (χ1n) is 5.72. The maximum Gasteiger partial charge on any atom is 0.441 e. The van der Waals surface area contributed by atoms with Gasteiger partial charge in [-0.3, -0.25) is 0 Å². The second-order valence-corrected chi connectivity index (χ2v) is 6.27. The molecule has 0 amide bonds. The summed E-state index contributed by atoms with van der Waals surface area (Å²) in [5.41, 5.74) is -2.91. The van der Waals surface area contributed by atoms with Gasteiger partial charge in [0.25, 0.3) is 0 Å². The molecule has 0 bridgehead atoms. The van der Waals surface area contributed by atoms with Crippen LogP contribution >= 0.6 is 23.5 Å². The van der Waals surface area contributed by atoms with Crippen molar-refractivity contribution in [1.82, 2.24) is 5.32 Å². The molecule has 0 aromatic heterocycles. The number of alkyl halides is 3. The van der Waals surface area contributed by atoms with Gasteiger partial charge in [-0.15, -0.1) is 11.8 Å². The summed E-state index contributed by atoms with van der Waals surface area (Å²) < 4.78 is 36.0. The minimum absolute atomic E-state index is 0.0357. The van der Waals surface area contributed by atoms with E-state index in [4.69, 9.17) is 0 Å². The first-order valence-corrected chi connectivity index (χ1v) is 7.69. The molecule has 18 heavy (non-hydrogen) atoms. The van der Waals surface area contributed by atoms with Gasteiger partial charge in [-0.25, -0.2) is 0 Å². The highest BCUT2D eigenvalue weighted by molar-refractivity contribution is 8.00. The molecule has 6 heteroatoms. The Morgan fingerprint density at radius 1 is 1.33 bits per heavy atom. The van der Waals surface area contributed by atoms with Crippen molar-refractivity contribution in [3.8, 4) is 0 Å². The monoisotopic (exact) mass is 293 g/mol. The molecule has 1 aromatic rings. The molecule has 0 radical (unpaired) electrons. The SMILES string of the molecule is FC(F)(F)SCCNC1CCSc2ccccc21. The number of hydrogen-bond donors (Lipinski definition) is 1. The van der Waals surface area contributed by atoms with Crippen molar-refractivity contribution in [2.75, 3.05) is 18.1 Å². The molecule has 1 heterocycles. The van der Waals surface area contributed by atoms with Gasteiger partial charge < -0.3 is 5.32 Å². The number of nitrogens with one attached hydrogen (secondary N) is 1. The van der Waals surface area contributed by atoms with Crippen LogP contribution in [0.5, 0.6) is 0 Å². The molecule has 0 aliphatic carbocycles. The maximum absolute atomic E-state index is 12.0. The third kappa shape index (κ3) is 4.10. The van der Waals surface area contributed by atoms with Crippen LogP contribution in [-0.2, 0) is 0 Å². The number of benzene rings is 1. The first-order chi connectivity index (χ1) is 8.56. The highest BCUT2D eigenvalue weighted by Gasteiger charge is 2.27. The standard InChI is InChI=1S/C12H14F3NS2/c13-12(14,15)18-8-6-16-10-5-7-17-11-4-2-1-3-9(10)11/h1-4,10,16H,5-8H2. The topological polar surface area (TPSA) is 12.0 Å². The minimum atomic E-state index is -4.12. The van der Waals surface area contributed by atoms with E-state index in [1.54, 1.807) is 0 Å². The van der Waals surface area contributed by atoms with E-state index in [9.17, 15) is 13.2 Å². The van der Waals surface area contributed by atoms with Gasteiger partial charge >= 0.3 is 5.51 Å². The summed E-state index contributed by atoms with van der Waals surface area (Å²) in [7, 11) is 0. The summed E-state index contributed by atoms with van der Waals surface area (Å²) in [4.78, 5) is 1.24.